The first kappa shape index (κ1) is 7.76. The van der Waals surface area contributed by atoms with E-state index in [0.717, 1.165) is 6.42 Å². The van der Waals surface area contributed by atoms with Gasteiger partial charge in [0.05, 0.1) is 0 Å². The molecule has 0 radical (unpaired) electrons. The van der Waals surface area contributed by atoms with Crippen LogP contribution in [0.1, 0.15) is 12.8 Å². The Bertz CT molecular complexity index is 307. The number of hydrogen-bond donors (Lipinski definition) is 1. The molecule has 3 heterocycles. The van der Waals surface area contributed by atoms with Gasteiger partial charge in [-0.25, -0.2) is 0 Å². The molecule has 5 heteroatoms. The van der Waals surface area contributed by atoms with Gasteiger partial charge < -0.3 is 19.3 Å². The molecule has 0 aromatic heterocycles. The van der Waals surface area contributed by atoms with Crippen molar-refractivity contribution in [2.45, 2.75) is 49.1 Å². The number of fused-ring (bicyclic) bond motifs is 4. The predicted molar refractivity (Wildman–Crippen MR) is 41.4 cm³/mol. The van der Waals surface area contributed by atoms with Crippen molar-refractivity contribution in [3.05, 3.63) is 0 Å². The van der Waals surface area contributed by atoms with Crippen LogP contribution in [0.5, 0.6) is 0 Å². The highest BCUT2D eigenvalue weighted by Crippen LogP contribution is 2.57. The molecule has 14 heavy (non-hydrogen) atoms. The number of hydrogen-bond acceptors (Lipinski definition) is 5. The van der Waals surface area contributed by atoms with Gasteiger partial charge in [0, 0.05) is 6.42 Å². The molecule has 0 aromatic carbocycles. The standard InChI is InChI=1S/C9H10O5/c10-3-1-2-9(14-3)7-5(12-7)4(11)6-8(9)13-6/h3,5-8,10H,1-2H2/t3-,5-,6+,7-,8+,9?/m0/s1. The van der Waals surface area contributed by atoms with Crippen molar-refractivity contribution in [2.75, 3.05) is 0 Å². The number of ether oxygens (including phenoxy) is 3. The highest BCUT2D eigenvalue weighted by atomic mass is 16.7. The van der Waals surface area contributed by atoms with E-state index in [0.29, 0.717) is 6.42 Å². The molecule has 1 N–H and O–H groups in total. The van der Waals surface area contributed by atoms with Crippen LogP contribution in [-0.2, 0) is 19.0 Å². The van der Waals surface area contributed by atoms with Crippen LogP contribution < -0.4 is 0 Å². The molecule has 1 aliphatic carbocycles. The topological polar surface area (TPSA) is 71.6 Å². The lowest BCUT2D eigenvalue weighted by atomic mass is 9.82. The normalized spacial score (nSPS) is 63.8. The SMILES string of the molecule is O=C1[C@H]2O[C@H]2C2(CC[C@@H](O)O2)[C@H]2O[C@@H]12. The molecule has 1 spiro atoms. The zero-order chi connectivity index (χ0) is 9.50. The van der Waals surface area contributed by atoms with E-state index < -0.39 is 11.9 Å². The molecule has 0 bridgehead atoms. The second-order valence-electron chi connectivity index (χ2n) is 4.42. The highest BCUT2D eigenvalue weighted by Gasteiger charge is 2.77. The van der Waals surface area contributed by atoms with Crippen LogP contribution >= 0.6 is 0 Å². The fraction of sp³-hybridized carbons (Fsp3) is 0.889. The van der Waals surface area contributed by atoms with Crippen molar-refractivity contribution in [1.29, 1.82) is 0 Å². The summed E-state index contributed by atoms with van der Waals surface area (Å²) in [4.78, 5) is 11.5. The number of carbonyl (C=O) groups excluding carboxylic acids is 1. The van der Waals surface area contributed by atoms with Crippen molar-refractivity contribution < 1.29 is 24.1 Å². The van der Waals surface area contributed by atoms with Crippen molar-refractivity contribution in [1.82, 2.24) is 0 Å². The first-order chi connectivity index (χ1) is 6.72. The zero-order valence-electron chi connectivity index (χ0n) is 7.38. The summed E-state index contributed by atoms with van der Waals surface area (Å²) in [6, 6.07) is 0. The first-order valence-corrected chi connectivity index (χ1v) is 4.93. The van der Waals surface area contributed by atoms with E-state index in [1.165, 1.54) is 0 Å². The minimum atomic E-state index is -0.724. The summed E-state index contributed by atoms with van der Waals surface area (Å²) in [6.07, 6.45) is -0.394. The second-order valence-corrected chi connectivity index (χ2v) is 4.42. The maximum atomic E-state index is 11.5. The van der Waals surface area contributed by atoms with Crippen LogP contribution in [0.4, 0.5) is 0 Å². The fourth-order valence-electron chi connectivity index (χ4n) is 2.86. The Morgan fingerprint density at radius 3 is 2.43 bits per heavy atom. The highest BCUT2D eigenvalue weighted by molar-refractivity contribution is 5.94. The van der Waals surface area contributed by atoms with Gasteiger partial charge in [0.1, 0.15) is 30.0 Å². The quantitative estimate of drug-likeness (QED) is 0.504. The summed E-state index contributed by atoms with van der Waals surface area (Å²) in [7, 11) is 0. The van der Waals surface area contributed by atoms with Gasteiger partial charge in [0.2, 0.25) is 0 Å². The average Bonchev–Trinajstić information content (AvgIpc) is 3.03. The van der Waals surface area contributed by atoms with Gasteiger partial charge in [-0.15, -0.1) is 0 Å². The number of epoxide rings is 2. The molecule has 5 nitrogen and oxygen atoms in total. The molecule has 4 rings (SSSR count). The Hall–Kier alpha value is -0.490. The van der Waals surface area contributed by atoms with E-state index in [1.54, 1.807) is 0 Å². The number of Topliss-reactive ketones (excluding diaryl/α,β-unsaturated/α-hetero) is 1. The summed E-state index contributed by atoms with van der Waals surface area (Å²) in [6.45, 7) is 0. The molecule has 0 amide bonds. The molecule has 1 saturated carbocycles. The number of aliphatic hydroxyl groups excluding tert-OH is 1. The fourth-order valence-corrected chi connectivity index (χ4v) is 2.86. The number of ketones is 1. The van der Waals surface area contributed by atoms with Crippen LogP contribution in [0.3, 0.4) is 0 Å². The summed E-state index contributed by atoms with van der Waals surface area (Å²) in [5.74, 6) is 0.0515. The summed E-state index contributed by atoms with van der Waals surface area (Å²) >= 11 is 0. The van der Waals surface area contributed by atoms with Crippen LogP contribution in [0.15, 0.2) is 0 Å². The van der Waals surface area contributed by atoms with E-state index in [2.05, 4.69) is 0 Å². The van der Waals surface area contributed by atoms with Gasteiger partial charge in [-0.1, -0.05) is 0 Å². The smallest absolute Gasteiger partial charge is 0.195 e. The van der Waals surface area contributed by atoms with Gasteiger partial charge >= 0.3 is 0 Å². The molecule has 3 aliphatic heterocycles. The second kappa shape index (κ2) is 2.04. The van der Waals surface area contributed by atoms with Gasteiger partial charge in [0.15, 0.2) is 12.1 Å². The number of rotatable bonds is 0. The van der Waals surface area contributed by atoms with Crippen LogP contribution in [0, 0.1) is 0 Å². The summed E-state index contributed by atoms with van der Waals surface area (Å²) in [5, 5.41) is 9.37. The average molecular weight is 198 g/mol. The zero-order valence-corrected chi connectivity index (χ0v) is 7.38. The van der Waals surface area contributed by atoms with Crippen molar-refractivity contribution in [3.8, 4) is 0 Å². The lowest BCUT2D eigenvalue weighted by Crippen LogP contribution is -2.48. The van der Waals surface area contributed by atoms with Gasteiger partial charge in [0.25, 0.3) is 0 Å². The molecule has 76 valence electrons. The third kappa shape index (κ3) is 0.704. The first-order valence-electron chi connectivity index (χ1n) is 4.93. The number of carbonyl (C=O) groups is 1. The lowest BCUT2D eigenvalue weighted by molar-refractivity contribution is -0.154. The third-order valence-electron chi connectivity index (χ3n) is 3.64. The third-order valence-corrected chi connectivity index (χ3v) is 3.64. The van der Waals surface area contributed by atoms with Crippen LogP contribution in [0.25, 0.3) is 0 Å². The minimum Gasteiger partial charge on any atom is -0.368 e. The van der Waals surface area contributed by atoms with Crippen molar-refractivity contribution >= 4 is 5.78 Å². The predicted octanol–water partition coefficient (Wildman–Crippen LogP) is -1.03. The van der Waals surface area contributed by atoms with E-state index >= 15 is 0 Å². The minimum absolute atomic E-state index is 0.0515. The Labute approximate surface area is 79.9 Å². The van der Waals surface area contributed by atoms with Crippen molar-refractivity contribution in [3.63, 3.8) is 0 Å². The molecular formula is C9H10O5. The summed E-state index contributed by atoms with van der Waals surface area (Å²) in [5.41, 5.74) is -0.525. The molecular weight excluding hydrogens is 188 g/mol. The largest absolute Gasteiger partial charge is 0.368 e. The molecule has 6 atom stereocenters. The maximum absolute atomic E-state index is 11.5. The van der Waals surface area contributed by atoms with E-state index in [4.69, 9.17) is 14.2 Å². The van der Waals surface area contributed by atoms with Crippen molar-refractivity contribution in [2.24, 2.45) is 0 Å². The molecule has 4 fully saturated rings. The van der Waals surface area contributed by atoms with Crippen LogP contribution in [-0.4, -0.2) is 47.2 Å². The van der Waals surface area contributed by atoms with E-state index in [9.17, 15) is 9.90 Å². The van der Waals surface area contributed by atoms with E-state index in [1.807, 2.05) is 0 Å². The Balaban J connectivity index is 1.72. The Morgan fingerprint density at radius 2 is 1.93 bits per heavy atom. The maximum Gasteiger partial charge on any atom is 0.195 e. The van der Waals surface area contributed by atoms with Gasteiger partial charge in [-0.2, -0.15) is 0 Å². The van der Waals surface area contributed by atoms with Gasteiger partial charge in [-0.05, 0) is 6.42 Å². The van der Waals surface area contributed by atoms with Gasteiger partial charge in [-0.3, -0.25) is 4.79 Å². The Kier molecular flexibility index (Phi) is 1.13. The molecule has 0 aromatic rings. The Morgan fingerprint density at radius 1 is 1.29 bits per heavy atom. The monoisotopic (exact) mass is 198 g/mol. The lowest BCUT2D eigenvalue weighted by Gasteiger charge is -2.26. The molecule has 3 saturated heterocycles. The van der Waals surface area contributed by atoms with Crippen LogP contribution in [0.2, 0.25) is 0 Å². The molecule has 4 aliphatic rings. The molecule has 1 unspecified atom stereocenters. The summed E-state index contributed by atoms with van der Waals surface area (Å²) < 4.78 is 16.1. The van der Waals surface area contributed by atoms with E-state index in [-0.39, 0.29) is 30.2 Å². The number of aliphatic hydroxyl groups is 1.